The van der Waals surface area contributed by atoms with Gasteiger partial charge in [0.2, 0.25) is 0 Å². The van der Waals surface area contributed by atoms with Crippen LogP contribution < -0.4 is 0 Å². The number of aliphatic hydroxyl groups excluding tert-OH is 2. The van der Waals surface area contributed by atoms with Crippen LogP contribution in [-0.4, -0.2) is 49.9 Å². The Labute approximate surface area is 228 Å². The van der Waals surface area contributed by atoms with Crippen LogP contribution in [0.3, 0.4) is 0 Å². The number of allylic oxidation sites excluding steroid dienone is 3. The van der Waals surface area contributed by atoms with E-state index in [1.807, 2.05) is 0 Å². The van der Waals surface area contributed by atoms with Crippen molar-refractivity contribution < 1.29 is 23.5 Å². The van der Waals surface area contributed by atoms with Crippen LogP contribution in [0.4, 0.5) is 0 Å². The molecule has 6 nitrogen and oxygen atoms in total. The van der Waals surface area contributed by atoms with Crippen molar-refractivity contribution in [3.63, 3.8) is 0 Å². The fourth-order valence-corrected chi connectivity index (χ4v) is 8.68. The van der Waals surface area contributed by atoms with Crippen LogP contribution in [0.5, 0.6) is 0 Å². The second-order valence-corrected chi connectivity index (χ2v) is 13.8. The van der Waals surface area contributed by atoms with Crippen molar-refractivity contribution in [3.8, 4) is 0 Å². The van der Waals surface area contributed by atoms with E-state index < -0.39 is 22.0 Å². The lowest BCUT2D eigenvalue weighted by atomic mass is 9.61. The summed E-state index contributed by atoms with van der Waals surface area (Å²) in [5.74, 6) is 1.44. The molecule has 0 bridgehead atoms. The van der Waals surface area contributed by atoms with E-state index in [-0.39, 0.29) is 11.2 Å². The van der Waals surface area contributed by atoms with Crippen LogP contribution in [-0.2, 0) is 14.7 Å². The van der Waals surface area contributed by atoms with Crippen LogP contribution in [0.25, 0.3) is 0 Å². The minimum absolute atomic E-state index is 0.151. The van der Waals surface area contributed by atoms with Gasteiger partial charge in [-0.2, -0.15) is 0 Å². The topological polar surface area (TPSA) is 96.2 Å². The normalized spacial score (nSPS) is 33.1. The van der Waals surface area contributed by atoms with Crippen LogP contribution >= 0.6 is 0 Å². The third kappa shape index (κ3) is 6.16. The van der Waals surface area contributed by atoms with E-state index in [0.29, 0.717) is 41.9 Å². The van der Waals surface area contributed by atoms with Crippen LogP contribution in [0.2, 0.25) is 0 Å². The van der Waals surface area contributed by atoms with Crippen molar-refractivity contribution >= 4 is 16.1 Å². The molecule has 6 atom stereocenters. The predicted molar refractivity (Wildman–Crippen MR) is 152 cm³/mol. The standard InChI is InChI=1S/C31H43NO5S/c1-21(15-17-38(35,36)27-11-7-23(8-12-27)20-32-37-4)28-13-14-29-24(6-5-16-31(28,29)3)9-10-25-18-26(33)19-30(34)22(25)2/h7-12,20-21,26,28-30,33-34H,2,5-6,13-19H2,1,3-4H3/b24-9+,25-10-,32-20+/t21-,26+,28-,29+,30-,31-/m1/s1. The van der Waals surface area contributed by atoms with Gasteiger partial charge in [-0.05, 0) is 97.0 Å². The summed E-state index contributed by atoms with van der Waals surface area (Å²) in [5, 5.41) is 24.0. The Hall–Kier alpha value is -2.22. The fourth-order valence-electron chi connectivity index (χ4n) is 7.21. The van der Waals surface area contributed by atoms with E-state index in [2.05, 4.69) is 42.6 Å². The fraction of sp³-hybridized carbons (Fsp3) is 0.581. The SMILES string of the molecule is C=C1/C(=C\C=C2/CCC[C@]3(C)[C@@H]([C@H](C)CCS(=O)(=O)c4ccc(/C=N/OC)cc4)CC[C@@H]23)C[C@H](O)C[C@H]1O. The molecule has 0 heterocycles. The molecule has 3 aliphatic carbocycles. The third-order valence-corrected chi connectivity index (χ3v) is 11.1. The highest BCUT2D eigenvalue weighted by molar-refractivity contribution is 7.91. The van der Waals surface area contributed by atoms with Gasteiger partial charge in [0.05, 0.1) is 29.1 Å². The Balaban J connectivity index is 1.42. The zero-order valence-corrected chi connectivity index (χ0v) is 23.8. The number of aliphatic hydroxyl groups is 2. The summed E-state index contributed by atoms with van der Waals surface area (Å²) in [4.78, 5) is 5.04. The predicted octanol–water partition coefficient (Wildman–Crippen LogP) is 5.61. The molecule has 4 rings (SSSR count). The maximum atomic E-state index is 13.1. The Morgan fingerprint density at radius 2 is 1.95 bits per heavy atom. The van der Waals surface area contributed by atoms with Crippen LogP contribution in [0.15, 0.2) is 69.8 Å². The molecule has 0 spiro atoms. The minimum Gasteiger partial charge on any atom is -0.399 e. The van der Waals surface area contributed by atoms with Gasteiger partial charge in [-0.15, -0.1) is 0 Å². The average Bonchev–Trinajstić information content (AvgIpc) is 3.25. The van der Waals surface area contributed by atoms with E-state index in [0.717, 1.165) is 42.4 Å². The Morgan fingerprint density at radius 3 is 2.66 bits per heavy atom. The molecule has 1 aromatic rings. The molecule has 0 unspecified atom stereocenters. The number of hydrogen-bond acceptors (Lipinski definition) is 6. The Bertz CT molecular complexity index is 1200. The molecule has 208 valence electrons. The number of nitrogens with zero attached hydrogens (tertiary/aromatic N) is 1. The Morgan fingerprint density at radius 1 is 1.21 bits per heavy atom. The van der Waals surface area contributed by atoms with Crippen molar-refractivity contribution in [2.45, 2.75) is 82.3 Å². The van der Waals surface area contributed by atoms with Gasteiger partial charge in [-0.3, -0.25) is 0 Å². The van der Waals surface area contributed by atoms with E-state index in [4.69, 9.17) is 0 Å². The van der Waals surface area contributed by atoms with Gasteiger partial charge in [0.15, 0.2) is 9.84 Å². The number of oxime groups is 1. The maximum Gasteiger partial charge on any atom is 0.178 e. The summed E-state index contributed by atoms with van der Waals surface area (Å²) >= 11 is 0. The van der Waals surface area contributed by atoms with E-state index in [1.54, 1.807) is 30.5 Å². The quantitative estimate of drug-likeness (QED) is 0.330. The molecule has 3 aliphatic rings. The van der Waals surface area contributed by atoms with Crippen molar-refractivity contribution in [1.82, 2.24) is 0 Å². The van der Waals surface area contributed by atoms with E-state index >= 15 is 0 Å². The van der Waals surface area contributed by atoms with Gasteiger partial charge in [-0.1, -0.05) is 55.4 Å². The summed E-state index contributed by atoms with van der Waals surface area (Å²) < 4.78 is 26.2. The highest BCUT2D eigenvalue weighted by atomic mass is 32.2. The zero-order valence-electron chi connectivity index (χ0n) is 23.0. The van der Waals surface area contributed by atoms with Gasteiger partial charge in [-0.25, -0.2) is 8.42 Å². The van der Waals surface area contributed by atoms with Gasteiger partial charge < -0.3 is 15.1 Å². The minimum atomic E-state index is -3.36. The highest BCUT2D eigenvalue weighted by Crippen LogP contribution is 2.59. The van der Waals surface area contributed by atoms with E-state index in [1.165, 1.54) is 19.1 Å². The van der Waals surface area contributed by atoms with Crippen molar-refractivity contribution in [2.75, 3.05) is 12.9 Å². The second kappa shape index (κ2) is 11.9. The van der Waals surface area contributed by atoms with Crippen LogP contribution in [0.1, 0.15) is 70.8 Å². The van der Waals surface area contributed by atoms with Crippen molar-refractivity contribution in [2.24, 2.45) is 28.3 Å². The molecule has 0 amide bonds. The van der Waals surface area contributed by atoms with Gasteiger partial charge in [0.1, 0.15) is 7.11 Å². The van der Waals surface area contributed by atoms with Crippen molar-refractivity contribution in [3.05, 3.63) is 65.3 Å². The first-order valence-electron chi connectivity index (χ1n) is 13.9. The average molecular weight is 542 g/mol. The number of sulfone groups is 1. The molecule has 3 fully saturated rings. The molecule has 2 N–H and O–H groups in total. The first kappa shape index (κ1) is 28.8. The number of fused-ring (bicyclic) bond motifs is 1. The number of benzene rings is 1. The molecule has 0 aromatic heterocycles. The summed E-state index contributed by atoms with van der Waals surface area (Å²) in [7, 11) is -1.89. The van der Waals surface area contributed by atoms with Gasteiger partial charge in [0, 0.05) is 6.42 Å². The number of hydrogen-bond donors (Lipinski definition) is 2. The maximum absolute atomic E-state index is 13.1. The monoisotopic (exact) mass is 541 g/mol. The number of rotatable bonds is 8. The Kier molecular flexibility index (Phi) is 9.00. The summed E-state index contributed by atoms with van der Waals surface area (Å²) in [6, 6.07) is 6.79. The zero-order chi connectivity index (χ0) is 27.5. The summed E-state index contributed by atoms with van der Waals surface area (Å²) in [6.07, 6.45) is 11.8. The lowest BCUT2D eigenvalue weighted by Crippen LogP contribution is -2.36. The van der Waals surface area contributed by atoms with Gasteiger partial charge in [0.25, 0.3) is 0 Å². The molecule has 0 saturated heterocycles. The molecule has 3 saturated carbocycles. The smallest absolute Gasteiger partial charge is 0.178 e. The lowest BCUT2D eigenvalue weighted by molar-refractivity contribution is 0.0861. The first-order chi connectivity index (χ1) is 18.0. The second-order valence-electron chi connectivity index (χ2n) is 11.7. The highest BCUT2D eigenvalue weighted by Gasteiger charge is 2.50. The first-order valence-corrected chi connectivity index (χ1v) is 15.5. The molecule has 1 aromatic carbocycles. The molecule has 0 radical (unpaired) electrons. The summed E-state index contributed by atoms with van der Waals surface area (Å²) in [5.41, 5.74) is 4.08. The molecular weight excluding hydrogens is 498 g/mol. The van der Waals surface area contributed by atoms with Gasteiger partial charge >= 0.3 is 0 Å². The third-order valence-electron chi connectivity index (χ3n) is 9.38. The lowest BCUT2D eigenvalue weighted by Gasteiger charge is -2.44. The largest absolute Gasteiger partial charge is 0.399 e. The molecular formula is C31H43NO5S. The molecule has 0 aliphatic heterocycles. The molecule has 38 heavy (non-hydrogen) atoms. The summed E-state index contributed by atoms with van der Waals surface area (Å²) in [6.45, 7) is 8.69. The van der Waals surface area contributed by atoms with E-state index in [9.17, 15) is 18.6 Å². The van der Waals surface area contributed by atoms with Crippen LogP contribution in [0, 0.1) is 23.2 Å². The molecule has 7 heteroatoms. The van der Waals surface area contributed by atoms with Crippen molar-refractivity contribution in [1.29, 1.82) is 0 Å².